The maximum Gasteiger partial charge on any atom is 0.127 e. The summed E-state index contributed by atoms with van der Waals surface area (Å²) in [6.07, 6.45) is 0.0933. The summed E-state index contributed by atoms with van der Waals surface area (Å²) in [5.74, 6) is 1.94. The van der Waals surface area contributed by atoms with Gasteiger partial charge in [0.1, 0.15) is 23.4 Å². The first-order chi connectivity index (χ1) is 11.1. The number of hydrogen-bond donors (Lipinski definition) is 1. The number of aryl methyl sites for hydroxylation is 1. The number of fused-ring (bicyclic) bond motifs is 1. The van der Waals surface area contributed by atoms with Crippen molar-refractivity contribution in [3.63, 3.8) is 0 Å². The van der Waals surface area contributed by atoms with Crippen molar-refractivity contribution in [1.29, 1.82) is 0 Å². The van der Waals surface area contributed by atoms with Crippen LogP contribution >= 0.6 is 0 Å². The number of rotatable bonds is 3. The summed E-state index contributed by atoms with van der Waals surface area (Å²) in [7, 11) is 1.63. The van der Waals surface area contributed by atoms with E-state index in [-0.39, 0.29) is 11.9 Å². The Balaban J connectivity index is 1.89. The van der Waals surface area contributed by atoms with E-state index in [0.29, 0.717) is 12.3 Å². The van der Waals surface area contributed by atoms with Gasteiger partial charge in [-0.25, -0.2) is 0 Å². The largest absolute Gasteiger partial charge is 0.507 e. The van der Waals surface area contributed by atoms with Gasteiger partial charge in [0.05, 0.1) is 7.11 Å². The van der Waals surface area contributed by atoms with Crippen LogP contribution < -0.4 is 9.47 Å². The smallest absolute Gasteiger partial charge is 0.127 e. The fourth-order valence-electron chi connectivity index (χ4n) is 3.12. The Bertz CT molecular complexity index is 699. The minimum atomic E-state index is 0.0933. The summed E-state index contributed by atoms with van der Waals surface area (Å²) in [5.41, 5.74) is 3.23. The monoisotopic (exact) mass is 313 g/mol. The third-order valence-electron chi connectivity index (χ3n) is 4.16. The van der Waals surface area contributed by atoms with E-state index in [4.69, 9.17) is 9.47 Å². The van der Waals surface area contributed by atoms with E-state index in [1.807, 2.05) is 12.1 Å². The molecule has 1 aliphatic heterocycles. The molecule has 0 bridgehead atoms. The van der Waals surface area contributed by atoms with Crippen LogP contribution in [0.2, 0.25) is 0 Å². The number of phenols is 1. The summed E-state index contributed by atoms with van der Waals surface area (Å²) in [4.78, 5) is 2.29. The zero-order chi connectivity index (χ0) is 16.4. The number of aromatic hydroxyl groups is 1. The van der Waals surface area contributed by atoms with E-state index in [2.05, 4.69) is 30.9 Å². The van der Waals surface area contributed by atoms with E-state index in [9.17, 15) is 5.11 Å². The van der Waals surface area contributed by atoms with Crippen molar-refractivity contribution in [1.82, 2.24) is 4.90 Å². The lowest BCUT2D eigenvalue weighted by Gasteiger charge is -2.23. The minimum absolute atomic E-state index is 0.0933. The van der Waals surface area contributed by atoms with Crippen LogP contribution in [0, 0.1) is 6.92 Å². The Kier molecular flexibility index (Phi) is 4.44. The van der Waals surface area contributed by atoms with Crippen LogP contribution in [0.15, 0.2) is 36.4 Å². The van der Waals surface area contributed by atoms with Gasteiger partial charge < -0.3 is 14.6 Å². The van der Waals surface area contributed by atoms with Gasteiger partial charge in [0.25, 0.3) is 0 Å². The van der Waals surface area contributed by atoms with Crippen LogP contribution in [0.25, 0.3) is 0 Å². The van der Waals surface area contributed by atoms with Crippen molar-refractivity contribution in [2.75, 3.05) is 13.7 Å². The van der Waals surface area contributed by atoms with Crippen molar-refractivity contribution < 1.29 is 14.6 Å². The second-order valence-electron chi connectivity index (χ2n) is 6.17. The molecule has 122 valence electrons. The molecule has 0 saturated carbocycles. The van der Waals surface area contributed by atoms with Gasteiger partial charge in [0.15, 0.2) is 0 Å². The number of ether oxygens (including phenoxy) is 2. The summed E-state index contributed by atoms with van der Waals surface area (Å²) in [5, 5.41) is 10.2. The number of phenolic OH excluding ortho intramolecular Hbond substituents is 1. The highest BCUT2D eigenvalue weighted by Gasteiger charge is 2.22. The number of nitrogens with zero attached hydrogens (tertiary/aromatic N) is 1. The topological polar surface area (TPSA) is 41.9 Å². The van der Waals surface area contributed by atoms with Crippen LogP contribution in [0.4, 0.5) is 0 Å². The Hall–Kier alpha value is -2.20. The normalized spacial score (nSPS) is 18.0. The zero-order valence-corrected chi connectivity index (χ0v) is 13.9. The standard InChI is InChI=1S/C19H23NO3/c1-13-7-8-18-15(9-13)11-20(10-14(2)23-18)12-16-17(21)5-4-6-19(16)22-3/h4-9,14,21H,10-12H2,1-3H3. The van der Waals surface area contributed by atoms with Crippen LogP contribution in [0.1, 0.15) is 23.6 Å². The van der Waals surface area contributed by atoms with Gasteiger partial charge in [-0.1, -0.05) is 23.8 Å². The molecule has 0 saturated heterocycles. The lowest BCUT2D eigenvalue weighted by Crippen LogP contribution is -2.30. The van der Waals surface area contributed by atoms with E-state index in [1.54, 1.807) is 19.2 Å². The van der Waals surface area contributed by atoms with Crippen LogP contribution in [0.3, 0.4) is 0 Å². The molecule has 1 atom stereocenters. The molecule has 2 aromatic carbocycles. The highest BCUT2D eigenvalue weighted by molar-refractivity contribution is 5.44. The average Bonchev–Trinajstić information content (AvgIpc) is 2.66. The van der Waals surface area contributed by atoms with Gasteiger partial charge >= 0.3 is 0 Å². The predicted molar refractivity (Wildman–Crippen MR) is 90.0 cm³/mol. The summed E-state index contributed by atoms with van der Waals surface area (Å²) in [6, 6.07) is 11.7. The molecule has 0 radical (unpaired) electrons. The van der Waals surface area contributed by atoms with Crippen LogP contribution in [0.5, 0.6) is 17.2 Å². The highest BCUT2D eigenvalue weighted by Crippen LogP contribution is 2.32. The van der Waals surface area contributed by atoms with Gasteiger partial charge in [0, 0.05) is 30.8 Å². The van der Waals surface area contributed by atoms with Gasteiger partial charge in [-0.05, 0) is 32.0 Å². The van der Waals surface area contributed by atoms with Crippen molar-refractivity contribution >= 4 is 0 Å². The average molecular weight is 313 g/mol. The molecule has 0 aromatic heterocycles. The van der Waals surface area contributed by atoms with Crippen molar-refractivity contribution in [3.8, 4) is 17.2 Å². The van der Waals surface area contributed by atoms with Crippen molar-refractivity contribution in [3.05, 3.63) is 53.1 Å². The molecular weight excluding hydrogens is 290 g/mol. The van der Waals surface area contributed by atoms with E-state index in [0.717, 1.165) is 24.4 Å². The second-order valence-corrected chi connectivity index (χ2v) is 6.17. The van der Waals surface area contributed by atoms with Crippen molar-refractivity contribution in [2.24, 2.45) is 0 Å². The third-order valence-corrected chi connectivity index (χ3v) is 4.16. The van der Waals surface area contributed by atoms with Crippen LogP contribution in [-0.2, 0) is 13.1 Å². The van der Waals surface area contributed by atoms with Gasteiger partial charge in [-0.15, -0.1) is 0 Å². The molecule has 1 aliphatic rings. The van der Waals surface area contributed by atoms with E-state index >= 15 is 0 Å². The molecule has 0 spiro atoms. The molecule has 1 heterocycles. The fourth-order valence-corrected chi connectivity index (χ4v) is 3.12. The highest BCUT2D eigenvalue weighted by atomic mass is 16.5. The molecule has 4 nitrogen and oxygen atoms in total. The molecular formula is C19H23NO3. The quantitative estimate of drug-likeness (QED) is 0.942. The molecule has 0 aliphatic carbocycles. The van der Waals surface area contributed by atoms with Gasteiger partial charge in [-0.2, -0.15) is 0 Å². The minimum Gasteiger partial charge on any atom is -0.507 e. The van der Waals surface area contributed by atoms with Crippen LogP contribution in [-0.4, -0.2) is 29.8 Å². The fraction of sp³-hybridized carbons (Fsp3) is 0.368. The molecule has 4 heteroatoms. The molecule has 1 unspecified atom stereocenters. The summed E-state index contributed by atoms with van der Waals surface area (Å²) < 4.78 is 11.4. The first kappa shape index (κ1) is 15.7. The Morgan fingerprint density at radius 3 is 2.91 bits per heavy atom. The lowest BCUT2D eigenvalue weighted by molar-refractivity contribution is 0.154. The Labute approximate surface area is 137 Å². The molecule has 2 aromatic rings. The summed E-state index contributed by atoms with van der Waals surface area (Å²) in [6.45, 7) is 6.37. The molecule has 1 N–H and O–H groups in total. The molecule has 0 fully saturated rings. The summed E-state index contributed by atoms with van der Waals surface area (Å²) >= 11 is 0. The maximum atomic E-state index is 10.2. The number of methoxy groups -OCH3 is 1. The zero-order valence-electron chi connectivity index (χ0n) is 13.9. The van der Waals surface area contributed by atoms with E-state index in [1.165, 1.54) is 11.1 Å². The first-order valence-electron chi connectivity index (χ1n) is 7.90. The predicted octanol–water partition coefficient (Wildman–Crippen LogP) is 3.49. The Morgan fingerprint density at radius 1 is 1.30 bits per heavy atom. The Morgan fingerprint density at radius 2 is 2.13 bits per heavy atom. The number of benzene rings is 2. The van der Waals surface area contributed by atoms with E-state index < -0.39 is 0 Å². The molecule has 0 amide bonds. The SMILES string of the molecule is COc1cccc(O)c1CN1Cc2cc(C)ccc2OC(C)C1. The molecule has 3 rings (SSSR count). The van der Waals surface area contributed by atoms with Gasteiger partial charge in [0.2, 0.25) is 0 Å². The van der Waals surface area contributed by atoms with Crippen molar-refractivity contribution in [2.45, 2.75) is 33.0 Å². The third kappa shape index (κ3) is 3.42. The lowest BCUT2D eigenvalue weighted by atomic mass is 10.1. The number of hydrogen-bond acceptors (Lipinski definition) is 4. The van der Waals surface area contributed by atoms with Gasteiger partial charge in [-0.3, -0.25) is 4.90 Å². The second kappa shape index (κ2) is 6.50. The maximum absolute atomic E-state index is 10.2. The first-order valence-corrected chi connectivity index (χ1v) is 7.90. The molecule has 23 heavy (non-hydrogen) atoms.